The number of rotatable bonds is 9. The summed E-state index contributed by atoms with van der Waals surface area (Å²) in [6.07, 6.45) is -0.703. The number of carbonyl (C=O) groups is 2. The van der Waals surface area contributed by atoms with Crippen LogP contribution in [0.4, 0.5) is 0 Å². The molecule has 0 aliphatic carbocycles. The molecular formula is C21H20BrClN4O5. The molecule has 2 amide bonds. The molecule has 0 saturated carbocycles. The first kappa shape index (κ1) is 23.6. The Balaban J connectivity index is 1.47. The van der Waals surface area contributed by atoms with Gasteiger partial charge in [-0.05, 0) is 43.3 Å². The summed E-state index contributed by atoms with van der Waals surface area (Å²) < 4.78 is 16.7. The van der Waals surface area contributed by atoms with Crippen LogP contribution in [-0.4, -0.2) is 48.3 Å². The highest BCUT2D eigenvalue weighted by Crippen LogP contribution is 2.30. The Labute approximate surface area is 197 Å². The average molecular weight is 524 g/mol. The average Bonchev–Trinajstić information content (AvgIpc) is 3.26. The van der Waals surface area contributed by atoms with Gasteiger partial charge in [0.15, 0.2) is 6.10 Å². The van der Waals surface area contributed by atoms with Crippen LogP contribution in [-0.2, 0) is 4.79 Å². The number of ether oxygens (including phenoxy) is 2. The van der Waals surface area contributed by atoms with Crippen molar-refractivity contribution in [3.63, 3.8) is 0 Å². The summed E-state index contributed by atoms with van der Waals surface area (Å²) >= 11 is 9.36. The Hall–Kier alpha value is -3.11. The molecule has 0 saturated heterocycles. The number of aromatic nitrogens is 2. The van der Waals surface area contributed by atoms with Gasteiger partial charge in [0.25, 0.3) is 5.91 Å². The minimum Gasteiger partial charge on any atom is -0.496 e. The van der Waals surface area contributed by atoms with Gasteiger partial charge in [-0.2, -0.15) is 4.98 Å². The van der Waals surface area contributed by atoms with E-state index in [9.17, 15) is 9.59 Å². The number of methoxy groups -OCH3 is 1. The molecule has 0 aliphatic heterocycles. The van der Waals surface area contributed by atoms with Gasteiger partial charge >= 0.3 is 11.8 Å². The van der Waals surface area contributed by atoms with Crippen molar-refractivity contribution in [2.24, 2.45) is 0 Å². The van der Waals surface area contributed by atoms with Crippen LogP contribution < -0.4 is 20.1 Å². The highest BCUT2D eigenvalue weighted by atomic mass is 79.9. The number of nitrogens with one attached hydrogen (secondary N) is 2. The summed E-state index contributed by atoms with van der Waals surface area (Å²) in [5.41, 5.74) is 0.495. The Kier molecular flexibility index (Phi) is 8.07. The normalized spacial score (nSPS) is 11.5. The smallest absolute Gasteiger partial charge is 0.316 e. The van der Waals surface area contributed by atoms with Crippen LogP contribution in [0.5, 0.6) is 11.5 Å². The van der Waals surface area contributed by atoms with E-state index in [1.807, 2.05) is 12.1 Å². The number of hydrogen-bond donors (Lipinski definition) is 2. The predicted octanol–water partition coefficient (Wildman–Crippen LogP) is 3.47. The van der Waals surface area contributed by atoms with Gasteiger partial charge in [0.05, 0.1) is 12.7 Å². The summed E-state index contributed by atoms with van der Waals surface area (Å²) in [7, 11) is 1.50. The first-order valence-electron chi connectivity index (χ1n) is 9.53. The van der Waals surface area contributed by atoms with Gasteiger partial charge < -0.3 is 24.6 Å². The molecular weight excluding hydrogens is 504 g/mol. The van der Waals surface area contributed by atoms with Crippen molar-refractivity contribution >= 4 is 39.3 Å². The molecule has 9 nitrogen and oxygen atoms in total. The number of amides is 2. The maximum Gasteiger partial charge on any atom is 0.316 e. The SMILES string of the molecule is COc1ccc(Cl)cc1-c1noc(C(=O)NCCNC(=O)C(C)Oc2cccc(Br)c2)n1. The minimum atomic E-state index is -0.703. The van der Waals surface area contributed by atoms with E-state index in [1.165, 1.54) is 7.11 Å². The fourth-order valence-corrected chi connectivity index (χ4v) is 3.21. The fraction of sp³-hybridized carbons (Fsp3) is 0.238. The Bertz CT molecular complexity index is 1110. The monoisotopic (exact) mass is 522 g/mol. The van der Waals surface area contributed by atoms with Gasteiger partial charge in [0.1, 0.15) is 11.5 Å². The maximum atomic E-state index is 12.3. The lowest BCUT2D eigenvalue weighted by Crippen LogP contribution is -2.40. The van der Waals surface area contributed by atoms with E-state index in [4.69, 9.17) is 25.6 Å². The number of halogens is 2. The van der Waals surface area contributed by atoms with Crippen LogP contribution >= 0.6 is 27.5 Å². The van der Waals surface area contributed by atoms with Crippen LogP contribution in [0.2, 0.25) is 5.02 Å². The maximum absolute atomic E-state index is 12.3. The molecule has 3 aromatic rings. The molecule has 2 N–H and O–H groups in total. The lowest BCUT2D eigenvalue weighted by atomic mass is 10.2. The second-order valence-corrected chi connectivity index (χ2v) is 7.88. The number of benzene rings is 2. The minimum absolute atomic E-state index is 0.159. The van der Waals surface area contributed by atoms with Gasteiger partial charge in [0, 0.05) is 22.6 Å². The standard InChI is InChI=1S/C21H20BrClN4O5/c1-12(31-15-5-3-4-13(22)10-15)19(28)24-8-9-25-20(29)21-26-18(27-32-21)16-11-14(23)6-7-17(16)30-2/h3-7,10-12H,8-9H2,1-2H3,(H,24,28)(H,25,29). The van der Waals surface area contributed by atoms with Crippen LogP contribution in [0.25, 0.3) is 11.4 Å². The summed E-state index contributed by atoms with van der Waals surface area (Å²) in [4.78, 5) is 28.5. The van der Waals surface area contributed by atoms with Crippen molar-refractivity contribution in [3.05, 3.63) is 57.9 Å². The van der Waals surface area contributed by atoms with Crippen molar-refractivity contribution < 1.29 is 23.6 Å². The third-order valence-corrected chi connectivity index (χ3v) is 4.94. The van der Waals surface area contributed by atoms with E-state index < -0.39 is 12.0 Å². The van der Waals surface area contributed by atoms with Gasteiger partial charge in [-0.3, -0.25) is 9.59 Å². The molecule has 1 aromatic heterocycles. The molecule has 168 valence electrons. The molecule has 1 heterocycles. The van der Waals surface area contributed by atoms with Crippen molar-refractivity contribution in [2.75, 3.05) is 20.2 Å². The summed E-state index contributed by atoms with van der Waals surface area (Å²) in [5, 5.41) is 9.56. The van der Waals surface area contributed by atoms with Crippen molar-refractivity contribution in [1.82, 2.24) is 20.8 Å². The lowest BCUT2D eigenvalue weighted by molar-refractivity contribution is -0.127. The number of hydrogen-bond acceptors (Lipinski definition) is 7. The van der Waals surface area contributed by atoms with Crippen LogP contribution in [0, 0.1) is 0 Å². The number of carbonyl (C=O) groups excluding carboxylic acids is 2. The zero-order valence-corrected chi connectivity index (χ0v) is 19.6. The zero-order valence-electron chi connectivity index (χ0n) is 17.2. The third kappa shape index (κ3) is 6.21. The second-order valence-electron chi connectivity index (χ2n) is 6.53. The highest BCUT2D eigenvalue weighted by Gasteiger charge is 2.19. The summed E-state index contributed by atoms with van der Waals surface area (Å²) in [6, 6.07) is 12.1. The fourth-order valence-electron chi connectivity index (χ4n) is 2.66. The van der Waals surface area contributed by atoms with Crippen LogP contribution in [0.3, 0.4) is 0 Å². The van der Waals surface area contributed by atoms with Crippen molar-refractivity contribution in [1.29, 1.82) is 0 Å². The predicted molar refractivity (Wildman–Crippen MR) is 121 cm³/mol. The van der Waals surface area contributed by atoms with E-state index in [2.05, 4.69) is 36.7 Å². The Morgan fingerprint density at radius 2 is 1.97 bits per heavy atom. The third-order valence-electron chi connectivity index (χ3n) is 4.21. The molecule has 0 spiro atoms. The molecule has 0 fully saturated rings. The van der Waals surface area contributed by atoms with E-state index in [0.29, 0.717) is 22.1 Å². The zero-order chi connectivity index (χ0) is 23.1. The molecule has 32 heavy (non-hydrogen) atoms. The first-order chi connectivity index (χ1) is 15.4. The topological polar surface area (TPSA) is 116 Å². The molecule has 0 radical (unpaired) electrons. The molecule has 2 aromatic carbocycles. The van der Waals surface area contributed by atoms with E-state index in [0.717, 1.165) is 4.47 Å². The van der Waals surface area contributed by atoms with Gasteiger partial charge in [-0.25, -0.2) is 0 Å². The molecule has 0 bridgehead atoms. The molecule has 1 atom stereocenters. The molecule has 1 unspecified atom stereocenters. The summed E-state index contributed by atoms with van der Waals surface area (Å²) in [5.74, 6) is 0.119. The highest BCUT2D eigenvalue weighted by molar-refractivity contribution is 9.10. The second kappa shape index (κ2) is 11.0. The molecule has 0 aliphatic rings. The molecule has 11 heteroatoms. The van der Waals surface area contributed by atoms with Crippen LogP contribution in [0.1, 0.15) is 17.6 Å². The van der Waals surface area contributed by atoms with E-state index >= 15 is 0 Å². The number of nitrogens with zero attached hydrogens (tertiary/aromatic N) is 2. The first-order valence-corrected chi connectivity index (χ1v) is 10.7. The van der Waals surface area contributed by atoms with Crippen molar-refractivity contribution in [3.8, 4) is 22.9 Å². The van der Waals surface area contributed by atoms with Gasteiger partial charge in [-0.15, -0.1) is 0 Å². The van der Waals surface area contributed by atoms with Crippen molar-refractivity contribution in [2.45, 2.75) is 13.0 Å². The Morgan fingerprint density at radius 1 is 1.19 bits per heavy atom. The quantitative estimate of drug-likeness (QED) is 0.413. The Morgan fingerprint density at radius 3 is 2.72 bits per heavy atom. The molecule has 3 rings (SSSR count). The summed E-state index contributed by atoms with van der Waals surface area (Å²) in [6.45, 7) is 1.99. The van der Waals surface area contributed by atoms with E-state index in [-0.39, 0.29) is 30.7 Å². The lowest BCUT2D eigenvalue weighted by Gasteiger charge is -2.15. The van der Waals surface area contributed by atoms with Gasteiger partial charge in [-0.1, -0.05) is 38.8 Å². The van der Waals surface area contributed by atoms with Gasteiger partial charge in [0.2, 0.25) is 5.82 Å². The van der Waals surface area contributed by atoms with E-state index in [1.54, 1.807) is 37.3 Å². The van der Waals surface area contributed by atoms with Crippen LogP contribution in [0.15, 0.2) is 51.5 Å². The largest absolute Gasteiger partial charge is 0.496 e.